The van der Waals surface area contributed by atoms with Crippen LogP contribution < -0.4 is 16.0 Å². The SMILES string of the molecule is O=C(Nc1cccc(SC(C(=O)Nc2nc(-c3cccc([N+](=O)[O-])c3)cs2)c2ccccc2)c1)/C(=C\c1ccc(Cl)cc1Cl)NC(=O)c1ccccc1. The van der Waals surface area contributed by atoms with E-state index in [1.165, 1.54) is 47.4 Å². The van der Waals surface area contributed by atoms with Crippen LogP contribution in [0.4, 0.5) is 16.5 Å². The summed E-state index contributed by atoms with van der Waals surface area (Å²) in [5, 5.41) is 21.7. The number of nitro groups is 1. The largest absolute Gasteiger partial charge is 0.321 e. The highest BCUT2D eigenvalue weighted by atomic mass is 35.5. The zero-order valence-electron chi connectivity index (χ0n) is 27.4. The lowest BCUT2D eigenvalue weighted by Crippen LogP contribution is -2.30. The Kier molecular flexibility index (Phi) is 12.0. The van der Waals surface area contributed by atoms with Gasteiger partial charge in [0.05, 0.1) is 10.6 Å². The first-order valence-corrected chi connectivity index (χ1v) is 18.3. The van der Waals surface area contributed by atoms with Crippen LogP contribution in [0.25, 0.3) is 17.3 Å². The van der Waals surface area contributed by atoms with Crippen LogP contribution in [-0.2, 0) is 9.59 Å². The van der Waals surface area contributed by atoms with Crippen molar-refractivity contribution in [2.75, 3.05) is 10.6 Å². The standard InChI is InChI=1S/C39H27Cl2N5O5S2/c40-28-18-17-26(32(41)21-28)20-33(43-36(47)25-11-5-2-6-12-25)37(48)42-29-14-8-16-31(22-29)53-35(24-9-3-1-4-10-24)38(49)45-39-44-34(23-52-39)27-13-7-15-30(19-27)46(50)51/h1-23,35H,(H,42,48)(H,43,47)(H,44,45,49)/b33-20+. The number of aromatic nitrogens is 1. The van der Waals surface area contributed by atoms with Crippen LogP contribution in [0.3, 0.4) is 0 Å². The second-order valence-corrected chi connectivity index (χ2v) is 14.1. The molecule has 0 spiro atoms. The molecule has 0 bridgehead atoms. The number of carbonyl (C=O) groups is 3. The normalized spacial score (nSPS) is 11.7. The number of thiazole rings is 1. The van der Waals surface area contributed by atoms with E-state index in [1.807, 2.05) is 36.4 Å². The Balaban J connectivity index is 1.22. The molecule has 3 amide bonds. The Morgan fingerprint density at radius 2 is 1.57 bits per heavy atom. The molecule has 53 heavy (non-hydrogen) atoms. The minimum absolute atomic E-state index is 0.0596. The van der Waals surface area contributed by atoms with Crippen LogP contribution in [0.2, 0.25) is 10.0 Å². The Bertz CT molecular complexity index is 2340. The molecule has 6 rings (SSSR count). The smallest absolute Gasteiger partial charge is 0.272 e. The maximum absolute atomic E-state index is 13.8. The fourth-order valence-electron chi connectivity index (χ4n) is 5.01. The molecule has 0 aliphatic heterocycles. The average Bonchev–Trinajstić information content (AvgIpc) is 3.63. The highest BCUT2D eigenvalue weighted by Gasteiger charge is 2.24. The summed E-state index contributed by atoms with van der Waals surface area (Å²) in [6.45, 7) is 0. The number of carbonyl (C=O) groups excluding carboxylic acids is 3. The molecule has 0 fully saturated rings. The molecule has 10 nitrogen and oxygen atoms in total. The molecule has 1 unspecified atom stereocenters. The molecule has 0 aliphatic carbocycles. The molecule has 0 radical (unpaired) electrons. The summed E-state index contributed by atoms with van der Waals surface area (Å²) < 4.78 is 0. The molecule has 264 valence electrons. The molecule has 1 heterocycles. The van der Waals surface area contributed by atoms with Crippen molar-refractivity contribution in [2.24, 2.45) is 0 Å². The van der Waals surface area contributed by atoms with Gasteiger partial charge in [-0.1, -0.05) is 96.0 Å². The van der Waals surface area contributed by atoms with E-state index >= 15 is 0 Å². The third-order valence-corrected chi connectivity index (χ3v) is 10.1. The first-order valence-electron chi connectivity index (χ1n) is 15.8. The molecule has 1 aromatic heterocycles. The van der Waals surface area contributed by atoms with Gasteiger partial charge in [-0.05, 0) is 59.7 Å². The number of rotatable bonds is 12. The summed E-state index contributed by atoms with van der Waals surface area (Å²) in [6.07, 6.45) is 1.46. The number of nitrogens with one attached hydrogen (secondary N) is 3. The summed E-state index contributed by atoms with van der Waals surface area (Å²) >= 11 is 14.9. The van der Waals surface area contributed by atoms with Gasteiger partial charge < -0.3 is 16.0 Å². The number of anilines is 2. The predicted octanol–water partition coefficient (Wildman–Crippen LogP) is 9.91. The van der Waals surface area contributed by atoms with E-state index in [2.05, 4.69) is 20.9 Å². The molecule has 3 N–H and O–H groups in total. The van der Waals surface area contributed by atoms with Gasteiger partial charge >= 0.3 is 0 Å². The van der Waals surface area contributed by atoms with Crippen molar-refractivity contribution >= 4 is 86.6 Å². The van der Waals surface area contributed by atoms with E-state index in [0.717, 1.165) is 5.56 Å². The highest BCUT2D eigenvalue weighted by Crippen LogP contribution is 2.38. The van der Waals surface area contributed by atoms with Crippen molar-refractivity contribution in [1.29, 1.82) is 0 Å². The van der Waals surface area contributed by atoms with E-state index in [9.17, 15) is 24.5 Å². The molecule has 6 aromatic rings. The van der Waals surface area contributed by atoms with Gasteiger partial charge in [0.1, 0.15) is 10.9 Å². The quantitative estimate of drug-likeness (QED) is 0.0486. The van der Waals surface area contributed by atoms with Gasteiger partial charge in [0, 0.05) is 49.3 Å². The van der Waals surface area contributed by atoms with Crippen molar-refractivity contribution in [1.82, 2.24) is 10.3 Å². The van der Waals surface area contributed by atoms with Gasteiger partial charge in [-0.3, -0.25) is 24.5 Å². The van der Waals surface area contributed by atoms with Crippen molar-refractivity contribution in [3.05, 3.63) is 175 Å². The van der Waals surface area contributed by atoms with Crippen LogP contribution in [0.5, 0.6) is 0 Å². The summed E-state index contributed by atoms with van der Waals surface area (Å²) in [5.41, 5.74) is 2.89. The second kappa shape index (κ2) is 17.2. The van der Waals surface area contributed by atoms with Gasteiger partial charge in [0.15, 0.2) is 5.13 Å². The van der Waals surface area contributed by atoms with E-state index in [-0.39, 0.29) is 17.3 Å². The van der Waals surface area contributed by atoms with Crippen LogP contribution >= 0.6 is 46.3 Å². The van der Waals surface area contributed by atoms with Crippen molar-refractivity contribution < 1.29 is 19.3 Å². The lowest BCUT2D eigenvalue weighted by Gasteiger charge is -2.17. The number of hydrogen-bond acceptors (Lipinski definition) is 8. The Hall–Kier alpha value is -5.79. The monoisotopic (exact) mass is 779 g/mol. The lowest BCUT2D eigenvalue weighted by molar-refractivity contribution is -0.384. The predicted molar refractivity (Wildman–Crippen MR) is 211 cm³/mol. The third-order valence-electron chi connectivity index (χ3n) is 7.56. The number of thioether (sulfide) groups is 1. The molecular formula is C39H27Cl2N5O5S2. The number of nitrogens with zero attached hydrogens (tertiary/aromatic N) is 2. The number of amides is 3. The minimum atomic E-state index is -0.722. The van der Waals surface area contributed by atoms with Crippen molar-refractivity contribution in [3.8, 4) is 11.3 Å². The molecular weight excluding hydrogens is 753 g/mol. The number of benzene rings is 5. The third kappa shape index (κ3) is 9.76. The Labute approximate surface area is 322 Å². The molecule has 1 atom stereocenters. The van der Waals surface area contributed by atoms with Gasteiger partial charge in [-0.2, -0.15) is 0 Å². The van der Waals surface area contributed by atoms with Crippen LogP contribution in [-0.4, -0.2) is 27.6 Å². The zero-order chi connectivity index (χ0) is 37.3. The summed E-state index contributed by atoms with van der Waals surface area (Å²) in [5.74, 6) is -1.44. The molecule has 0 aliphatic rings. The summed E-state index contributed by atoms with van der Waals surface area (Å²) in [7, 11) is 0. The van der Waals surface area contributed by atoms with E-state index in [4.69, 9.17) is 23.2 Å². The van der Waals surface area contributed by atoms with Crippen LogP contribution in [0, 0.1) is 10.1 Å². The average molecular weight is 781 g/mol. The first kappa shape index (κ1) is 37.0. The van der Waals surface area contributed by atoms with Crippen LogP contribution in [0.15, 0.2) is 143 Å². The topological polar surface area (TPSA) is 143 Å². The molecule has 0 saturated heterocycles. The Morgan fingerprint density at radius 1 is 0.830 bits per heavy atom. The Morgan fingerprint density at radius 3 is 2.30 bits per heavy atom. The fourth-order valence-corrected chi connectivity index (χ4v) is 7.28. The molecule has 14 heteroatoms. The summed E-state index contributed by atoms with van der Waals surface area (Å²) in [6, 6.07) is 35.6. The highest BCUT2D eigenvalue weighted by molar-refractivity contribution is 8.00. The van der Waals surface area contributed by atoms with Gasteiger partial charge in [0.25, 0.3) is 17.5 Å². The minimum Gasteiger partial charge on any atom is -0.321 e. The molecule has 5 aromatic carbocycles. The van der Waals surface area contributed by atoms with E-state index in [1.54, 1.807) is 78.2 Å². The maximum Gasteiger partial charge on any atom is 0.272 e. The van der Waals surface area contributed by atoms with Gasteiger partial charge in [-0.25, -0.2) is 4.98 Å². The van der Waals surface area contributed by atoms with E-state index < -0.39 is 22.0 Å². The number of halogens is 2. The number of hydrogen-bond donors (Lipinski definition) is 3. The lowest BCUT2D eigenvalue weighted by atomic mass is 10.1. The number of non-ortho nitro benzene ring substituents is 1. The summed E-state index contributed by atoms with van der Waals surface area (Å²) in [4.78, 5) is 56.6. The van der Waals surface area contributed by atoms with E-state index in [0.29, 0.717) is 48.1 Å². The van der Waals surface area contributed by atoms with Crippen LogP contribution in [0.1, 0.15) is 26.7 Å². The first-order chi connectivity index (χ1) is 25.6. The van der Waals surface area contributed by atoms with Crippen molar-refractivity contribution in [3.63, 3.8) is 0 Å². The van der Waals surface area contributed by atoms with Crippen molar-refractivity contribution in [2.45, 2.75) is 10.1 Å². The number of nitro benzene ring substituents is 1. The zero-order valence-corrected chi connectivity index (χ0v) is 30.5. The maximum atomic E-state index is 13.8. The van der Waals surface area contributed by atoms with Gasteiger partial charge in [0.2, 0.25) is 5.91 Å². The second-order valence-electron chi connectivity index (χ2n) is 11.3. The fraction of sp³-hybridized carbons (Fsp3) is 0.0256. The van der Waals surface area contributed by atoms with Gasteiger partial charge in [-0.15, -0.1) is 23.1 Å². The molecule has 0 saturated carbocycles.